The SMILES string of the molecule is COC(=O)n1nc(-c2ccc(Cl)cc2)c2c(N)ncnc21. The van der Waals surface area contributed by atoms with E-state index in [9.17, 15) is 4.79 Å². The number of aromatic nitrogens is 4. The third-order valence-electron chi connectivity index (χ3n) is 2.96. The van der Waals surface area contributed by atoms with E-state index >= 15 is 0 Å². The summed E-state index contributed by atoms with van der Waals surface area (Å²) in [7, 11) is 1.27. The van der Waals surface area contributed by atoms with Gasteiger partial charge in [0.1, 0.15) is 17.8 Å². The number of benzene rings is 1. The van der Waals surface area contributed by atoms with Crippen LogP contribution in [0.2, 0.25) is 5.02 Å². The lowest BCUT2D eigenvalue weighted by molar-refractivity contribution is 0.170. The fourth-order valence-corrected chi connectivity index (χ4v) is 2.12. The molecule has 0 aliphatic carbocycles. The molecule has 0 spiro atoms. The Bertz CT molecular complexity index is 828. The Morgan fingerprint density at radius 1 is 1.29 bits per heavy atom. The van der Waals surface area contributed by atoms with E-state index in [1.165, 1.54) is 13.4 Å². The smallest absolute Gasteiger partial charge is 0.436 e. The van der Waals surface area contributed by atoms with E-state index in [1.54, 1.807) is 24.3 Å². The van der Waals surface area contributed by atoms with E-state index in [2.05, 4.69) is 15.1 Å². The Labute approximate surface area is 124 Å². The normalized spacial score (nSPS) is 10.8. The van der Waals surface area contributed by atoms with E-state index in [1.807, 2.05) is 0 Å². The quantitative estimate of drug-likeness (QED) is 0.741. The first kappa shape index (κ1) is 13.3. The maximum Gasteiger partial charge on any atom is 0.436 e. The van der Waals surface area contributed by atoms with Gasteiger partial charge >= 0.3 is 6.09 Å². The van der Waals surface area contributed by atoms with Crippen LogP contribution < -0.4 is 5.73 Å². The highest BCUT2D eigenvalue weighted by molar-refractivity contribution is 6.30. The van der Waals surface area contributed by atoms with Gasteiger partial charge < -0.3 is 10.5 Å². The molecule has 0 aliphatic heterocycles. The first-order chi connectivity index (χ1) is 10.1. The van der Waals surface area contributed by atoms with E-state index in [0.29, 0.717) is 21.7 Å². The summed E-state index contributed by atoms with van der Waals surface area (Å²) in [5.74, 6) is 0.236. The highest BCUT2D eigenvalue weighted by Gasteiger charge is 2.20. The van der Waals surface area contributed by atoms with Crippen molar-refractivity contribution >= 4 is 34.5 Å². The van der Waals surface area contributed by atoms with Gasteiger partial charge in [0.15, 0.2) is 5.65 Å². The summed E-state index contributed by atoms with van der Waals surface area (Å²) in [6.45, 7) is 0. The van der Waals surface area contributed by atoms with Gasteiger partial charge in [-0.2, -0.15) is 5.10 Å². The van der Waals surface area contributed by atoms with Crippen molar-refractivity contribution in [1.82, 2.24) is 19.7 Å². The number of nitrogens with two attached hydrogens (primary N) is 1. The second kappa shape index (κ2) is 5.02. The van der Waals surface area contributed by atoms with Gasteiger partial charge in [0, 0.05) is 10.6 Å². The van der Waals surface area contributed by atoms with Gasteiger partial charge in [-0.3, -0.25) is 0 Å². The van der Waals surface area contributed by atoms with Crippen LogP contribution in [0.15, 0.2) is 30.6 Å². The lowest BCUT2D eigenvalue weighted by atomic mass is 10.1. The summed E-state index contributed by atoms with van der Waals surface area (Å²) < 4.78 is 5.74. The molecule has 0 amide bonds. The summed E-state index contributed by atoms with van der Waals surface area (Å²) in [6.07, 6.45) is 0.614. The number of nitrogens with zero attached hydrogens (tertiary/aromatic N) is 4. The predicted molar refractivity (Wildman–Crippen MR) is 78.0 cm³/mol. The van der Waals surface area contributed by atoms with Crippen LogP contribution in [0.25, 0.3) is 22.3 Å². The van der Waals surface area contributed by atoms with Gasteiger partial charge in [-0.25, -0.2) is 14.8 Å². The van der Waals surface area contributed by atoms with Gasteiger partial charge in [-0.15, -0.1) is 4.68 Å². The van der Waals surface area contributed by atoms with Crippen LogP contribution in [0.1, 0.15) is 0 Å². The molecular formula is C13H10ClN5O2. The lowest BCUT2D eigenvalue weighted by Gasteiger charge is -1.99. The number of halogens is 1. The number of anilines is 1. The number of hydrogen-bond acceptors (Lipinski definition) is 6. The van der Waals surface area contributed by atoms with E-state index in [4.69, 9.17) is 22.1 Å². The molecule has 21 heavy (non-hydrogen) atoms. The molecule has 0 fully saturated rings. The molecule has 0 saturated heterocycles. The summed E-state index contributed by atoms with van der Waals surface area (Å²) in [6, 6.07) is 7.00. The minimum Gasteiger partial charge on any atom is -0.451 e. The van der Waals surface area contributed by atoms with E-state index < -0.39 is 6.09 Å². The third kappa shape index (κ3) is 2.17. The molecule has 0 radical (unpaired) electrons. The van der Waals surface area contributed by atoms with Gasteiger partial charge in [-0.1, -0.05) is 23.7 Å². The summed E-state index contributed by atoms with van der Waals surface area (Å²) in [5.41, 5.74) is 7.42. The minimum absolute atomic E-state index is 0.236. The van der Waals surface area contributed by atoms with Crippen molar-refractivity contribution in [3.8, 4) is 11.3 Å². The van der Waals surface area contributed by atoms with Crippen LogP contribution in [-0.2, 0) is 4.74 Å². The fraction of sp³-hybridized carbons (Fsp3) is 0.0769. The molecule has 3 aromatic rings. The number of fused-ring (bicyclic) bond motifs is 1. The van der Waals surface area contributed by atoms with Crippen LogP contribution in [0.5, 0.6) is 0 Å². The predicted octanol–water partition coefficient (Wildman–Crippen LogP) is 2.34. The van der Waals surface area contributed by atoms with Gasteiger partial charge in [0.25, 0.3) is 0 Å². The Hall–Kier alpha value is -2.67. The number of hydrogen-bond donors (Lipinski definition) is 1. The summed E-state index contributed by atoms with van der Waals surface area (Å²) in [4.78, 5) is 19.8. The standard InChI is InChI=1S/C13H10ClN5O2/c1-21-13(20)19-12-9(11(15)16-6-17-12)10(18-19)7-2-4-8(14)5-3-7/h2-6H,1H3,(H2,15,16,17). The Kier molecular flexibility index (Phi) is 3.19. The molecule has 0 bridgehead atoms. The highest BCUT2D eigenvalue weighted by Crippen LogP contribution is 2.30. The maximum atomic E-state index is 11.8. The average Bonchev–Trinajstić information content (AvgIpc) is 2.88. The maximum absolute atomic E-state index is 11.8. The summed E-state index contributed by atoms with van der Waals surface area (Å²) in [5, 5.41) is 5.33. The fourth-order valence-electron chi connectivity index (χ4n) is 2.00. The monoisotopic (exact) mass is 303 g/mol. The van der Waals surface area contributed by atoms with Gasteiger partial charge in [0.05, 0.1) is 12.5 Å². The van der Waals surface area contributed by atoms with Gasteiger partial charge in [-0.05, 0) is 12.1 Å². The Morgan fingerprint density at radius 2 is 2.00 bits per heavy atom. The lowest BCUT2D eigenvalue weighted by Crippen LogP contribution is -2.13. The highest BCUT2D eigenvalue weighted by atomic mass is 35.5. The van der Waals surface area contributed by atoms with Crippen LogP contribution in [0.3, 0.4) is 0 Å². The van der Waals surface area contributed by atoms with E-state index in [0.717, 1.165) is 10.2 Å². The van der Waals surface area contributed by atoms with E-state index in [-0.39, 0.29) is 5.82 Å². The Balaban J connectivity index is 2.32. The van der Waals surface area contributed by atoms with Crippen LogP contribution in [0.4, 0.5) is 10.6 Å². The Morgan fingerprint density at radius 3 is 2.67 bits per heavy atom. The van der Waals surface area contributed by atoms with Crippen LogP contribution in [-0.4, -0.2) is 33.0 Å². The number of methoxy groups -OCH3 is 1. The molecule has 1 aromatic carbocycles. The van der Waals surface area contributed by atoms with Crippen molar-refractivity contribution in [2.45, 2.75) is 0 Å². The molecule has 0 aliphatic rings. The minimum atomic E-state index is -0.654. The number of nitrogen functional groups attached to an aromatic ring is 1. The van der Waals surface area contributed by atoms with Crippen LogP contribution >= 0.6 is 11.6 Å². The van der Waals surface area contributed by atoms with Crippen molar-refractivity contribution in [3.63, 3.8) is 0 Å². The zero-order chi connectivity index (χ0) is 15.0. The van der Waals surface area contributed by atoms with Crippen molar-refractivity contribution in [2.24, 2.45) is 0 Å². The number of ether oxygens (including phenoxy) is 1. The molecule has 7 nitrogen and oxygen atoms in total. The second-order valence-electron chi connectivity index (χ2n) is 4.19. The molecular weight excluding hydrogens is 294 g/mol. The van der Waals surface area contributed by atoms with Crippen molar-refractivity contribution in [1.29, 1.82) is 0 Å². The molecule has 106 valence electrons. The average molecular weight is 304 g/mol. The molecule has 0 saturated carbocycles. The number of carbonyl (C=O) groups excluding carboxylic acids is 1. The molecule has 0 atom stereocenters. The van der Waals surface area contributed by atoms with Crippen molar-refractivity contribution in [2.75, 3.05) is 12.8 Å². The zero-order valence-corrected chi connectivity index (χ0v) is 11.7. The molecule has 3 rings (SSSR count). The van der Waals surface area contributed by atoms with Crippen LogP contribution in [0, 0.1) is 0 Å². The topological polar surface area (TPSA) is 95.9 Å². The molecule has 2 heterocycles. The number of rotatable bonds is 1. The first-order valence-electron chi connectivity index (χ1n) is 5.95. The largest absolute Gasteiger partial charge is 0.451 e. The third-order valence-corrected chi connectivity index (χ3v) is 3.21. The second-order valence-corrected chi connectivity index (χ2v) is 4.63. The molecule has 8 heteroatoms. The molecule has 2 N–H and O–H groups in total. The molecule has 0 unspecified atom stereocenters. The zero-order valence-electron chi connectivity index (χ0n) is 10.9. The van der Waals surface area contributed by atoms with Crippen molar-refractivity contribution < 1.29 is 9.53 Å². The van der Waals surface area contributed by atoms with Gasteiger partial charge in [0.2, 0.25) is 0 Å². The number of carbonyl (C=O) groups is 1. The summed E-state index contributed by atoms with van der Waals surface area (Å²) >= 11 is 5.88. The first-order valence-corrected chi connectivity index (χ1v) is 6.33. The van der Waals surface area contributed by atoms with Crippen molar-refractivity contribution in [3.05, 3.63) is 35.6 Å². The molecule has 2 aromatic heterocycles.